The summed E-state index contributed by atoms with van der Waals surface area (Å²) in [6, 6.07) is 27.0. The molecule has 3 aromatic carbocycles. The third kappa shape index (κ3) is 7.63. The van der Waals surface area contributed by atoms with Crippen molar-refractivity contribution < 1.29 is 28.9 Å². The van der Waals surface area contributed by atoms with E-state index in [2.05, 4.69) is 98.0 Å². The zero-order chi connectivity index (χ0) is 31.2. The van der Waals surface area contributed by atoms with Gasteiger partial charge in [0.2, 0.25) is 0 Å². The average Bonchev–Trinajstić information content (AvgIpc) is 3.81. The summed E-state index contributed by atoms with van der Waals surface area (Å²) in [5, 5.41) is 0. The molecule has 7 rings (SSSR count). The van der Waals surface area contributed by atoms with Gasteiger partial charge in [0, 0.05) is 55.5 Å². The molecule has 0 atom stereocenters. The molecule has 0 spiro atoms. The molecular weight excluding hydrogens is 761 g/mol. The van der Waals surface area contributed by atoms with Crippen molar-refractivity contribution in [1.29, 1.82) is 0 Å². The second-order valence-electron chi connectivity index (χ2n) is 10.6. The van der Waals surface area contributed by atoms with Gasteiger partial charge in [-0.25, -0.2) is 4.98 Å². The van der Waals surface area contributed by atoms with Gasteiger partial charge in [0.15, 0.2) is 0 Å². The summed E-state index contributed by atoms with van der Waals surface area (Å²) in [5.41, 5.74) is 4.96. The molecule has 5 aromatic rings. The standard InChI is InChI=1S/C22H22N4.C14H10F2N3.Ir/c1-3-9-21(10-4-1)25-17-15-23(19-25)13-7-8-14-24-16-18-26(20-24)22-11-5-2-6-12-22;1-8-9(2)19-6-5-17-13(14(19)18-8)11-4-3-10(15)7-12(11)16;/h1-6,9,11,15-20H,7-8,13-14H2;3,5-7H,1-2H3;/q-4;-1;. The Hall–Kier alpha value is -4.53. The number of hydrogen-bond donors (Lipinski definition) is 0. The molecule has 2 aromatic heterocycles. The van der Waals surface area contributed by atoms with Crippen molar-refractivity contribution in [2.45, 2.75) is 26.7 Å². The number of benzene rings is 3. The Morgan fingerprint density at radius 3 is 1.96 bits per heavy atom. The molecule has 0 N–H and O–H groups in total. The zero-order valence-electron chi connectivity index (χ0n) is 25.4. The van der Waals surface area contributed by atoms with E-state index in [-0.39, 0.29) is 25.7 Å². The number of halogens is 2. The number of aryl methyl sites for hydroxylation is 2. The second-order valence-corrected chi connectivity index (χ2v) is 10.6. The number of anilines is 2. The normalized spacial score (nSPS) is 13.7. The van der Waals surface area contributed by atoms with Gasteiger partial charge in [0.1, 0.15) is 5.65 Å². The molecule has 0 aliphatic carbocycles. The molecule has 0 saturated heterocycles. The smallest absolute Gasteiger partial charge is 0.120 e. The first-order chi connectivity index (χ1) is 22.0. The van der Waals surface area contributed by atoms with Crippen LogP contribution in [0.4, 0.5) is 20.2 Å². The van der Waals surface area contributed by atoms with Gasteiger partial charge in [-0.2, -0.15) is 74.0 Å². The Kier molecular flexibility index (Phi) is 10.8. The first kappa shape index (κ1) is 32.9. The van der Waals surface area contributed by atoms with Crippen molar-refractivity contribution in [2.75, 3.05) is 22.9 Å². The van der Waals surface area contributed by atoms with Gasteiger partial charge in [-0.1, -0.05) is 11.6 Å². The SMILES string of the molecule is Cc1nc2c(-c3[c-]cc(F)cc3F)nccn2c1C.[Ir].[c-]1ccccc1N1C=CN(CCCCN2C=CN(c3[c-]cccc3)[CH-]2)[CH-]1. The number of rotatable bonds is 8. The Morgan fingerprint density at radius 1 is 0.804 bits per heavy atom. The van der Waals surface area contributed by atoms with E-state index in [4.69, 9.17) is 0 Å². The van der Waals surface area contributed by atoms with Gasteiger partial charge in [-0.05, 0) is 64.6 Å². The van der Waals surface area contributed by atoms with Crippen molar-refractivity contribution >= 4 is 17.0 Å². The molecule has 2 aliphatic heterocycles. The number of unbranched alkanes of at least 4 members (excludes halogenated alkanes) is 1. The number of aromatic nitrogens is 3. The molecule has 7 nitrogen and oxygen atoms in total. The van der Waals surface area contributed by atoms with Crippen LogP contribution in [-0.4, -0.2) is 37.3 Å². The monoisotopic (exact) mass is 793 g/mol. The third-order valence-electron chi connectivity index (χ3n) is 7.52. The fourth-order valence-electron chi connectivity index (χ4n) is 5.03. The number of fused-ring (bicyclic) bond motifs is 1. The number of nitrogens with zero attached hydrogens (tertiary/aromatic N) is 7. The van der Waals surface area contributed by atoms with E-state index in [1.807, 2.05) is 54.6 Å². The van der Waals surface area contributed by atoms with E-state index in [0.717, 1.165) is 60.8 Å². The van der Waals surface area contributed by atoms with Crippen LogP contribution in [-0.2, 0) is 20.1 Å². The predicted octanol–water partition coefficient (Wildman–Crippen LogP) is 7.28. The predicted molar refractivity (Wildman–Crippen MR) is 172 cm³/mol. The number of imidazole rings is 1. The van der Waals surface area contributed by atoms with E-state index in [0.29, 0.717) is 11.3 Å². The molecule has 2 aliphatic rings. The van der Waals surface area contributed by atoms with E-state index in [9.17, 15) is 8.78 Å². The summed E-state index contributed by atoms with van der Waals surface area (Å²) in [7, 11) is 0. The van der Waals surface area contributed by atoms with Gasteiger partial charge in [-0.3, -0.25) is 13.8 Å². The van der Waals surface area contributed by atoms with Crippen LogP contribution >= 0.6 is 0 Å². The topological polar surface area (TPSA) is 43.2 Å². The van der Waals surface area contributed by atoms with Gasteiger partial charge in [0.25, 0.3) is 0 Å². The van der Waals surface area contributed by atoms with Gasteiger partial charge >= 0.3 is 0 Å². The van der Waals surface area contributed by atoms with Gasteiger partial charge < -0.3 is 24.0 Å². The molecule has 0 amide bonds. The summed E-state index contributed by atoms with van der Waals surface area (Å²) < 4.78 is 28.6. The summed E-state index contributed by atoms with van der Waals surface area (Å²) in [6.07, 6.45) is 14.0. The quantitative estimate of drug-likeness (QED) is 0.122. The summed E-state index contributed by atoms with van der Waals surface area (Å²) in [5.74, 6) is -1.36. The van der Waals surface area contributed by atoms with Crippen LogP contribution in [0, 0.1) is 57.0 Å². The van der Waals surface area contributed by atoms with E-state index < -0.39 is 11.6 Å². The largest absolute Gasteiger partial charge is 0.508 e. The summed E-state index contributed by atoms with van der Waals surface area (Å²) >= 11 is 0. The second kappa shape index (κ2) is 15.2. The van der Waals surface area contributed by atoms with Gasteiger partial charge in [0.05, 0.1) is 5.69 Å². The average molecular weight is 793 g/mol. The van der Waals surface area contributed by atoms with Crippen molar-refractivity contribution in [3.8, 4) is 11.3 Å². The minimum atomic E-state index is -0.695. The molecule has 0 bridgehead atoms. The first-order valence-corrected chi connectivity index (χ1v) is 14.7. The maximum Gasteiger partial charge on any atom is 0.120 e. The first-order valence-electron chi connectivity index (χ1n) is 14.7. The molecule has 10 heteroatoms. The summed E-state index contributed by atoms with van der Waals surface area (Å²) in [4.78, 5) is 17.2. The van der Waals surface area contributed by atoms with Crippen molar-refractivity contribution in [2.24, 2.45) is 0 Å². The third-order valence-corrected chi connectivity index (χ3v) is 7.52. The van der Waals surface area contributed by atoms with E-state index >= 15 is 0 Å². The van der Waals surface area contributed by atoms with Gasteiger partial charge in [-0.15, -0.1) is 23.5 Å². The zero-order valence-corrected chi connectivity index (χ0v) is 27.8. The Morgan fingerprint density at radius 2 is 1.41 bits per heavy atom. The van der Waals surface area contributed by atoms with E-state index in [1.165, 1.54) is 0 Å². The maximum absolute atomic E-state index is 13.8. The molecule has 1 radical (unpaired) electrons. The van der Waals surface area contributed by atoms with Crippen molar-refractivity contribution in [1.82, 2.24) is 24.2 Å². The van der Waals surface area contributed by atoms with Crippen LogP contribution in [0.15, 0.2) is 97.9 Å². The molecule has 4 heterocycles. The van der Waals surface area contributed by atoms with E-state index in [1.54, 1.807) is 12.4 Å². The Bertz CT molecular complexity index is 1730. The molecular formula is C36H32F2IrN7-5. The summed E-state index contributed by atoms with van der Waals surface area (Å²) in [6.45, 7) is 10.1. The molecule has 0 unspecified atom stereocenters. The van der Waals surface area contributed by atoms with Crippen molar-refractivity contribution in [3.63, 3.8) is 0 Å². The van der Waals surface area contributed by atoms with Crippen LogP contribution in [0.3, 0.4) is 0 Å². The fraction of sp³-hybridized carbons (Fsp3) is 0.167. The minimum Gasteiger partial charge on any atom is -0.508 e. The van der Waals surface area contributed by atoms with Crippen molar-refractivity contribution in [3.05, 3.63) is 152 Å². The fourth-order valence-corrected chi connectivity index (χ4v) is 5.03. The van der Waals surface area contributed by atoms with Crippen LogP contribution < -0.4 is 9.80 Å². The number of hydrogen-bond acceptors (Lipinski definition) is 6. The maximum atomic E-state index is 13.8. The van der Waals surface area contributed by atoms with Crippen LogP contribution in [0.2, 0.25) is 0 Å². The Balaban J connectivity index is 0.000000186. The van der Waals surface area contributed by atoms with Crippen LogP contribution in [0.1, 0.15) is 24.2 Å². The number of para-hydroxylation sites is 2. The Labute approximate surface area is 282 Å². The molecule has 46 heavy (non-hydrogen) atoms. The molecule has 0 fully saturated rings. The van der Waals surface area contributed by atoms with Crippen LogP contribution in [0.25, 0.3) is 16.9 Å². The van der Waals surface area contributed by atoms with Crippen LogP contribution in [0.5, 0.6) is 0 Å². The molecule has 0 saturated carbocycles. The molecule has 239 valence electrons. The minimum absolute atomic E-state index is 0.